The molecule has 0 aromatic heterocycles. The highest BCUT2D eigenvalue weighted by atomic mass is 35.5. The molecule has 1 saturated heterocycles. The number of hydrogen-bond donors (Lipinski definition) is 3. The summed E-state index contributed by atoms with van der Waals surface area (Å²) in [6.07, 6.45) is 3.34. The van der Waals surface area contributed by atoms with E-state index in [1.807, 2.05) is 0 Å². The average Bonchev–Trinajstić information content (AvgIpc) is 3.29. The zero-order chi connectivity index (χ0) is 23.7. The maximum absolute atomic E-state index is 13.4. The van der Waals surface area contributed by atoms with Gasteiger partial charge in [-0.25, -0.2) is 4.79 Å². The number of anilines is 2. The number of nitrogens with zero attached hydrogens (tertiary/aromatic N) is 1. The lowest BCUT2D eigenvalue weighted by Crippen LogP contribution is -2.68. The van der Waals surface area contributed by atoms with Crippen LogP contribution in [0.25, 0.3) is 0 Å². The molecule has 1 aliphatic carbocycles. The predicted molar refractivity (Wildman–Crippen MR) is 126 cm³/mol. The predicted octanol–water partition coefficient (Wildman–Crippen LogP) is 3.74. The second kappa shape index (κ2) is 9.42. The molecule has 0 radical (unpaired) electrons. The Morgan fingerprint density at radius 1 is 1.00 bits per heavy atom. The van der Waals surface area contributed by atoms with Crippen molar-refractivity contribution in [2.75, 3.05) is 17.4 Å². The van der Waals surface area contributed by atoms with Crippen molar-refractivity contribution in [3.63, 3.8) is 0 Å². The first-order valence-corrected chi connectivity index (χ1v) is 11.7. The van der Waals surface area contributed by atoms with Gasteiger partial charge in [0.2, 0.25) is 18.6 Å². The van der Waals surface area contributed by atoms with Crippen LogP contribution < -0.4 is 25.4 Å². The van der Waals surface area contributed by atoms with Crippen molar-refractivity contribution in [1.82, 2.24) is 10.2 Å². The molecule has 10 heteroatoms. The summed E-state index contributed by atoms with van der Waals surface area (Å²) in [6, 6.07) is 10.2. The van der Waals surface area contributed by atoms with Gasteiger partial charge >= 0.3 is 6.03 Å². The first-order valence-electron chi connectivity index (χ1n) is 11.3. The second-order valence-electron chi connectivity index (χ2n) is 8.65. The van der Waals surface area contributed by atoms with Gasteiger partial charge < -0.3 is 30.3 Å². The largest absolute Gasteiger partial charge is 0.454 e. The van der Waals surface area contributed by atoms with Gasteiger partial charge in [0.25, 0.3) is 0 Å². The highest BCUT2D eigenvalue weighted by Gasteiger charge is 2.46. The minimum atomic E-state index is -0.930. The van der Waals surface area contributed by atoms with Gasteiger partial charge in [-0.1, -0.05) is 24.4 Å². The molecule has 2 aliphatic heterocycles. The number of nitrogens with one attached hydrogen (secondary N) is 3. The van der Waals surface area contributed by atoms with Crippen molar-refractivity contribution in [3.05, 3.63) is 47.5 Å². The fourth-order valence-corrected chi connectivity index (χ4v) is 4.94. The van der Waals surface area contributed by atoms with Crippen LogP contribution in [-0.2, 0) is 9.59 Å². The Morgan fingerprint density at radius 2 is 1.74 bits per heavy atom. The van der Waals surface area contributed by atoms with Gasteiger partial charge in [0, 0.05) is 28.5 Å². The molecule has 1 saturated carbocycles. The monoisotopic (exact) mass is 484 g/mol. The number of halogens is 1. The highest BCUT2D eigenvalue weighted by Crippen LogP contribution is 2.35. The third-order valence-corrected chi connectivity index (χ3v) is 6.67. The number of rotatable bonds is 4. The van der Waals surface area contributed by atoms with E-state index in [0.29, 0.717) is 27.9 Å². The van der Waals surface area contributed by atoms with E-state index in [1.54, 1.807) is 47.4 Å². The molecule has 34 heavy (non-hydrogen) atoms. The van der Waals surface area contributed by atoms with Crippen molar-refractivity contribution >= 4 is 40.8 Å². The van der Waals surface area contributed by atoms with Crippen LogP contribution in [0.3, 0.4) is 0 Å². The third kappa shape index (κ3) is 4.61. The third-order valence-electron chi connectivity index (χ3n) is 6.42. The SMILES string of the molecule is O=C(C[C@H]1C(=O)N[C@@H]2CCCC[C@H]2N1C(=O)Nc1ccc(Cl)cc1)Nc1ccc2c(c1)OCO2. The van der Waals surface area contributed by atoms with Gasteiger partial charge in [-0.2, -0.15) is 0 Å². The molecule has 0 bridgehead atoms. The summed E-state index contributed by atoms with van der Waals surface area (Å²) in [6.45, 7) is 0.134. The molecule has 2 aromatic rings. The molecule has 2 heterocycles. The lowest BCUT2D eigenvalue weighted by Gasteiger charge is -2.47. The van der Waals surface area contributed by atoms with Crippen LogP contribution in [-0.4, -0.2) is 47.7 Å². The Bertz CT molecular complexity index is 1110. The molecule has 3 aliphatic rings. The molecule has 0 spiro atoms. The molecule has 2 fully saturated rings. The number of fused-ring (bicyclic) bond motifs is 2. The Morgan fingerprint density at radius 3 is 2.56 bits per heavy atom. The smallest absolute Gasteiger partial charge is 0.322 e. The Kier molecular flexibility index (Phi) is 6.19. The minimum Gasteiger partial charge on any atom is -0.454 e. The first kappa shape index (κ1) is 22.3. The number of piperazine rings is 1. The summed E-state index contributed by atoms with van der Waals surface area (Å²) < 4.78 is 10.6. The topological polar surface area (TPSA) is 109 Å². The molecule has 5 rings (SSSR count). The molecule has 4 amide bonds. The van der Waals surface area contributed by atoms with Crippen LogP contribution >= 0.6 is 11.6 Å². The number of benzene rings is 2. The summed E-state index contributed by atoms with van der Waals surface area (Å²) in [4.78, 5) is 40.9. The van der Waals surface area contributed by atoms with Crippen molar-refractivity contribution in [2.45, 2.75) is 50.2 Å². The fraction of sp³-hybridized carbons (Fsp3) is 0.375. The van der Waals surface area contributed by atoms with Gasteiger partial charge in [0.05, 0.1) is 12.5 Å². The van der Waals surface area contributed by atoms with E-state index in [2.05, 4.69) is 16.0 Å². The van der Waals surface area contributed by atoms with E-state index in [1.165, 1.54) is 0 Å². The molecule has 3 atom stereocenters. The molecule has 0 unspecified atom stereocenters. The number of ether oxygens (including phenoxy) is 2. The van der Waals surface area contributed by atoms with Gasteiger partial charge in [0.15, 0.2) is 11.5 Å². The van der Waals surface area contributed by atoms with Crippen LogP contribution in [0, 0.1) is 0 Å². The zero-order valence-corrected chi connectivity index (χ0v) is 19.1. The Balaban J connectivity index is 1.34. The maximum atomic E-state index is 13.4. The molecular formula is C24H25ClN4O5. The Hall–Kier alpha value is -3.46. The summed E-state index contributed by atoms with van der Waals surface area (Å²) in [5, 5.41) is 9.25. The second-order valence-corrected chi connectivity index (χ2v) is 9.08. The van der Waals surface area contributed by atoms with Crippen molar-refractivity contribution < 1.29 is 23.9 Å². The molecular weight excluding hydrogens is 460 g/mol. The van der Waals surface area contributed by atoms with Crippen LogP contribution in [0.2, 0.25) is 5.02 Å². The molecule has 178 valence electrons. The van der Waals surface area contributed by atoms with E-state index in [4.69, 9.17) is 21.1 Å². The van der Waals surface area contributed by atoms with Crippen LogP contribution in [0.4, 0.5) is 16.2 Å². The number of urea groups is 1. The molecule has 9 nitrogen and oxygen atoms in total. The summed E-state index contributed by atoms with van der Waals surface area (Å²) in [7, 11) is 0. The zero-order valence-electron chi connectivity index (χ0n) is 18.4. The highest BCUT2D eigenvalue weighted by molar-refractivity contribution is 6.30. The summed E-state index contributed by atoms with van der Waals surface area (Å²) >= 11 is 5.95. The normalized spacial score (nSPS) is 23.0. The number of carbonyl (C=O) groups excluding carboxylic acids is 3. The number of hydrogen-bond acceptors (Lipinski definition) is 5. The standard InChI is InChI=1S/C24H25ClN4O5/c25-14-5-7-15(8-6-14)27-24(32)29-18-4-2-1-3-17(18)28-23(31)19(29)12-22(30)26-16-9-10-20-21(11-16)34-13-33-20/h5-11,17-19H,1-4,12-13H2,(H,26,30)(H,27,32)(H,28,31)/t17-,18-,19+/m1/s1. The van der Waals surface area contributed by atoms with Crippen LogP contribution in [0.5, 0.6) is 11.5 Å². The van der Waals surface area contributed by atoms with E-state index < -0.39 is 12.1 Å². The fourth-order valence-electron chi connectivity index (χ4n) is 4.82. The van der Waals surface area contributed by atoms with E-state index in [-0.39, 0.29) is 37.1 Å². The maximum Gasteiger partial charge on any atom is 0.322 e. The summed E-state index contributed by atoms with van der Waals surface area (Å²) in [5.41, 5.74) is 1.09. The van der Waals surface area contributed by atoms with Gasteiger partial charge in [-0.15, -0.1) is 0 Å². The van der Waals surface area contributed by atoms with Crippen molar-refractivity contribution in [1.29, 1.82) is 0 Å². The average molecular weight is 485 g/mol. The van der Waals surface area contributed by atoms with Crippen molar-refractivity contribution in [3.8, 4) is 11.5 Å². The lowest BCUT2D eigenvalue weighted by molar-refractivity contribution is -0.135. The minimum absolute atomic E-state index is 0.120. The van der Waals surface area contributed by atoms with Gasteiger partial charge in [-0.3, -0.25) is 9.59 Å². The van der Waals surface area contributed by atoms with Crippen molar-refractivity contribution in [2.24, 2.45) is 0 Å². The van der Waals surface area contributed by atoms with Crippen LogP contribution in [0.15, 0.2) is 42.5 Å². The van der Waals surface area contributed by atoms with Gasteiger partial charge in [0.1, 0.15) is 6.04 Å². The number of amides is 4. The van der Waals surface area contributed by atoms with Crippen LogP contribution in [0.1, 0.15) is 32.1 Å². The van der Waals surface area contributed by atoms with E-state index >= 15 is 0 Å². The summed E-state index contributed by atoms with van der Waals surface area (Å²) in [5.74, 6) is 0.452. The van der Waals surface area contributed by atoms with E-state index in [0.717, 1.165) is 25.7 Å². The van der Waals surface area contributed by atoms with Gasteiger partial charge in [-0.05, 0) is 49.2 Å². The lowest BCUT2D eigenvalue weighted by atomic mass is 9.85. The quantitative estimate of drug-likeness (QED) is 0.612. The number of carbonyl (C=O) groups is 3. The Labute approximate surface area is 201 Å². The molecule has 2 aromatic carbocycles. The molecule has 3 N–H and O–H groups in total. The van der Waals surface area contributed by atoms with E-state index in [9.17, 15) is 14.4 Å². The first-order chi connectivity index (χ1) is 16.5.